The number of H-pyrrole nitrogens is 1. The Hall–Kier alpha value is -0.427. The molecule has 0 aliphatic rings. The molecule has 1 N–H and O–H groups in total. The number of aromatic amines is 1. The van der Waals surface area contributed by atoms with Gasteiger partial charge in [-0.3, -0.25) is 4.79 Å². The molecular formula is C7H11NORh. The molecule has 0 atom stereocenters. The first-order chi connectivity index (χ1) is 4.39. The third-order valence-electron chi connectivity index (χ3n) is 0.681. The second-order valence-electron chi connectivity index (χ2n) is 1.23. The Bertz CT molecular complexity index is 179. The van der Waals surface area contributed by atoms with Gasteiger partial charge >= 0.3 is 0 Å². The Labute approximate surface area is 73.4 Å². The number of hydrogen-bond donors (Lipinski definition) is 1. The van der Waals surface area contributed by atoms with Gasteiger partial charge in [0.05, 0.1) is 0 Å². The van der Waals surface area contributed by atoms with Crippen LogP contribution in [0.2, 0.25) is 0 Å². The minimum Gasteiger partial charge on any atom is -0.329 e. The predicted octanol–water partition coefficient (Wildman–Crippen LogP) is 1.40. The fraction of sp³-hybridized carbons (Fsp3) is 0.286. The minimum atomic E-state index is -0.0532. The molecule has 1 aromatic rings. The first-order valence-electron chi connectivity index (χ1n) is 3.03. The molecule has 1 rings (SSSR count). The molecular weight excluding hydrogens is 217 g/mol. The number of rotatable bonds is 0. The summed E-state index contributed by atoms with van der Waals surface area (Å²) in [6, 6.07) is 4.93. The maximum atomic E-state index is 10.2. The normalized spacial score (nSPS) is 6.60. The molecule has 0 spiro atoms. The van der Waals surface area contributed by atoms with Gasteiger partial charge in [-0.15, -0.1) is 0 Å². The van der Waals surface area contributed by atoms with Crippen molar-refractivity contribution in [1.82, 2.24) is 4.98 Å². The summed E-state index contributed by atoms with van der Waals surface area (Å²) in [4.78, 5) is 12.7. The van der Waals surface area contributed by atoms with Crippen molar-refractivity contribution in [2.24, 2.45) is 0 Å². The van der Waals surface area contributed by atoms with E-state index in [1.54, 1.807) is 18.3 Å². The van der Waals surface area contributed by atoms with Crippen molar-refractivity contribution in [3.63, 3.8) is 0 Å². The monoisotopic (exact) mass is 228 g/mol. The van der Waals surface area contributed by atoms with Crippen molar-refractivity contribution in [2.75, 3.05) is 0 Å². The van der Waals surface area contributed by atoms with Crippen LogP contribution in [0.1, 0.15) is 13.8 Å². The van der Waals surface area contributed by atoms with E-state index in [0.717, 1.165) is 0 Å². The van der Waals surface area contributed by atoms with Gasteiger partial charge in [0, 0.05) is 31.7 Å². The van der Waals surface area contributed by atoms with Crippen molar-refractivity contribution < 1.29 is 19.5 Å². The summed E-state index contributed by atoms with van der Waals surface area (Å²) in [6.45, 7) is 4.00. The Morgan fingerprint density at radius 1 is 1.30 bits per heavy atom. The van der Waals surface area contributed by atoms with Crippen LogP contribution < -0.4 is 5.56 Å². The van der Waals surface area contributed by atoms with Crippen LogP contribution in [0.3, 0.4) is 0 Å². The van der Waals surface area contributed by atoms with Crippen LogP contribution in [0.4, 0.5) is 0 Å². The van der Waals surface area contributed by atoms with Crippen LogP contribution in [0.25, 0.3) is 0 Å². The largest absolute Gasteiger partial charge is 0.329 e. The van der Waals surface area contributed by atoms with Crippen molar-refractivity contribution in [3.05, 3.63) is 34.7 Å². The van der Waals surface area contributed by atoms with Crippen molar-refractivity contribution >= 4 is 0 Å². The summed E-state index contributed by atoms with van der Waals surface area (Å²) in [5.74, 6) is 0. The van der Waals surface area contributed by atoms with Gasteiger partial charge in [0.25, 0.3) is 0 Å². The third-order valence-corrected chi connectivity index (χ3v) is 0.681. The average Bonchev–Trinajstić information content (AvgIpc) is 1.94. The molecule has 0 unspecified atom stereocenters. The molecule has 0 aliphatic carbocycles. The summed E-state index contributed by atoms with van der Waals surface area (Å²) in [6.07, 6.45) is 1.60. The first-order valence-corrected chi connectivity index (χ1v) is 3.03. The SMILES string of the molecule is CC.O=c1cccc[nH]1.[Rh]. The van der Waals surface area contributed by atoms with Gasteiger partial charge in [-0.05, 0) is 6.07 Å². The Morgan fingerprint density at radius 2 is 1.90 bits per heavy atom. The van der Waals surface area contributed by atoms with E-state index in [1.807, 2.05) is 13.8 Å². The molecule has 1 radical (unpaired) electrons. The summed E-state index contributed by atoms with van der Waals surface area (Å²) >= 11 is 0. The average molecular weight is 228 g/mol. The summed E-state index contributed by atoms with van der Waals surface area (Å²) in [7, 11) is 0. The van der Waals surface area contributed by atoms with E-state index in [4.69, 9.17) is 0 Å². The first kappa shape index (κ1) is 12.3. The summed E-state index contributed by atoms with van der Waals surface area (Å²) < 4.78 is 0. The molecule has 0 amide bonds. The Morgan fingerprint density at radius 3 is 2.10 bits per heavy atom. The molecule has 59 valence electrons. The van der Waals surface area contributed by atoms with Crippen molar-refractivity contribution in [2.45, 2.75) is 13.8 Å². The number of hydrogen-bond acceptors (Lipinski definition) is 1. The smallest absolute Gasteiger partial charge is 0.247 e. The van der Waals surface area contributed by atoms with Crippen molar-refractivity contribution in [1.29, 1.82) is 0 Å². The van der Waals surface area contributed by atoms with Gasteiger partial charge in [0.1, 0.15) is 0 Å². The zero-order valence-corrected chi connectivity index (χ0v) is 7.69. The maximum absolute atomic E-state index is 10.2. The van der Waals surface area contributed by atoms with Gasteiger partial charge in [0.15, 0.2) is 0 Å². The molecule has 0 bridgehead atoms. The zero-order valence-electron chi connectivity index (χ0n) is 6.05. The topological polar surface area (TPSA) is 32.9 Å². The van der Waals surface area contributed by atoms with E-state index < -0.39 is 0 Å². The van der Waals surface area contributed by atoms with Gasteiger partial charge in [-0.2, -0.15) is 0 Å². The van der Waals surface area contributed by atoms with Gasteiger partial charge < -0.3 is 4.98 Å². The van der Waals surface area contributed by atoms with Crippen LogP contribution in [-0.2, 0) is 19.5 Å². The van der Waals surface area contributed by atoms with Crippen molar-refractivity contribution in [3.8, 4) is 0 Å². The molecule has 1 heterocycles. The van der Waals surface area contributed by atoms with Gasteiger partial charge in [-0.25, -0.2) is 0 Å². The summed E-state index contributed by atoms with van der Waals surface area (Å²) in [5, 5.41) is 0. The van der Waals surface area contributed by atoms with Crippen LogP contribution in [0, 0.1) is 0 Å². The molecule has 0 saturated carbocycles. The number of nitrogens with one attached hydrogen (secondary N) is 1. The van der Waals surface area contributed by atoms with E-state index in [9.17, 15) is 4.79 Å². The second kappa shape index (κ2) is 8.57. The molecule has 3 heteroatoms. The maximum Gasteiger partial charge on any atom is 0.247 e. The molecule has 2 nitrogen and oxygen atoms in total. The Balaban J connectivity index is 0. The van der Waals surface area contributed by atoms with Crippen LogP contribution >= 0.6 is 0 Å². The molecule has 0 aromatic carbocycles. The second-order valence-corrected chi connectivity index (χ2v) is 1.23. The van der Waals surface area contributed by atoms with E-state index in [-0.39, 0.29) is 25.0 Å². The van der Waals surface area contributed by atoms with E-state index in [0.29, 0.717) is 0 Å². The minimum absolute atomic E-state index is 0. The number of pyridine rings is 1. The van der Waals surface area contributed by atoms with Crippen LogP contribution in [0.15, 0.2) is 29.2 Å². The zero-order chi connectivity index (χ0) is 7.11. The molecule has 1 aromatic heterocycles. The van der Waals surface area contributed by atoms with Crippen LogP contribution in [0.5, 0.6) is 0 Å². The quantitative estimate of drug-likeness (QED) is 0.669. The molecule has 10 heavy (non-hydrogen) atoms. The molecule has 0 fully saturated rings. The van der Waals surface area contributed by atoms with E-state index >= 15 is 0 Å². The predicted molar refractivity (Wildman–Crippen MR) is 38.4 cm³/mol. The Kier molecular flexibility index (Phi) is 10.5. The van der Waals surface area contributed by atoms with E-state index in [1.165, 1.54) is 6.07 Å². The number of aromatic nitrogens is 1. The van der Waals surface area contributed by atoms with Gasteiger partial charge in [-0.1, -0.05) is 19.9 Å². The summed E-state index contributed by atoms with van der Waals surface area (Å²) in [5.41, 5.74) is -0.0532. The van der Waals surface area contributed by atoms with E-state index in [2.05, 4.69) is 4.98 Å². The fourth-order valence-corrected chi connectivity index (χ4v) is 0.377. The van der Waals surface area contributed by atoms with Crippen LogP contribution in [-0.4, -0.2) is 4.98 Å². The third kappa shape index (κ3) is 5.71. The standard InChI is InChI=1S/C5H5NO.C2H6.Rh/c7-5-3-1-2-4-6-5;1-2;/h1-4H,(H,6,7);1-2H3;. The molecule has 0 aliphatic heterocycles. The van der Waals surface area contributed by atoms with Gasteiger partial charge in [0.2, 0.25) is 5.56 Å². The fourth-order valence-electron chi connectivity index (χ4n) is 0.377. The molecule has 0 saturated heterocycles.